The molecule has 1 N–H and O–H groups in total. The molecule has 4 heteroatoms. The lowest BCUT2D eigenvalue weighted by Gasteiger charge is -2.31. The van der Waals surface area contributed by atoms with Gasteiger partial charge in [-0.2, -0.15) is 0 Å². The molecule has 2 aromatic rings. The van der Waals surface area contributed by atoms with Gasteiger partial charge in [0.15, 0.2) is 5.76 Å². The van der Waals surface area contributed by atoms with Crippen molar-refractivity contribution in [3.05, 3.63) is 35.6 Å². The number of likely N-dealkylation sites (tertiary alicyclic amines) is 1. The number of hydrogen-bond donors (Lipinski definition) is 1. The molecule has 0 aliphatic carbocycles. The lowest BCUT2D eigenvalue weighted by molar-refractivity contribution is 0.0660. The Labute approximate surface area is 125 Å². The van der Waals surface area contributed by atoms with Crippen LogP contribution in [-0.4, -0.2) is 37.5 Å². The highest BCUT2D eigenvalue weighted by molar-refractivity contribution is 5.98. The maximum atomic E-state index is 12.7. The molecule has 0 bridgehead atoms. The molecule has 4 nitrogen and oxygen atoms in total. The van der Waals surface area contributed by atoms with Gasteiger partial charge in [-0.3, -0.25) is 4.79 Å². The van der Waals surface area contributed by atoms with E-state index < -0.39 is 0 Å². The fourth-order valence-corrected chi connectivity index (χ4v) is 3.15. The highest BCUT2D eigenvalue weighted by Crippen LogP contribution is 2.27. The number of aryl methyl sites for hydroxylation is 1. The van der Waals surface area contributed by atoms with Crippen molar-refractivity contribution >= 4 is 16.9 Å². The molecule has 112 valence electrons. The van der Waals surface area contributed by atoms with Crippen LogP contribution in [0, 0.1) is 12.8 Å². The summed E-state index contributed by atoms with van der Waals surface area (Å²) in [7, 11) is 1.98. The van der Waals surface area contributed by atoms with E-state index in [0.717, 1.165) is 49.0 Å². The van der Waals surface area contributed by atoms with E-state index >= 15 is 0 Å². The van der Waals surface area contributed by atoms with Crippen LogP contribution in [0.15, 0.2) is 28.7 Å². The summed E-state index contributed by atoms with van der Waals surface area (Å²) in [5, 5.41) is 4.25. The second-order valence-electron chi connectivity index (χ2n) is 5.85. The zero-order valence-electron chi connectivity index (χ0n) is 12.7. The van der Waals surface area contributed by atoms with Crippen LogP contribution in [0.4, 0.5) is 0 Å². The number of benzene rings is 1. The van der Waals surface area contributed by atoms with E-state index in [1.54, 1.807) is 0 Å². The van der Waals surface area contributed by atoms with Crippen LogP contribution in [-0.2, 0) is 0 Å². The lowest BCUT2D eigenvalue weighted by Crippen LogP contribution is -2.40. The van der Waals surface area contributed by atoms with Crippen LogP contribution in [0.5, 0.6) is 0 Å². The van der Waals surface area contributed by atoms with Gasteiger partial charge in [0, 0.05) is 24.0 Å². The monoisotopic (exact) mass is 286 g/mol. The molecule has 1 amide bonds. The van der Waals surface area contributed by atoms with E-state index in [4.69, 9.17) is 4.42 Å². The molecule has 1 aromatic carbocycles. The zero-order chi connectivity index (χ0) is 14.8. The number of carbonyl (C=O) groups is 1. The van der Waals surface area contributed by atoms with Gasteiger partial charge in [-0.25, -0.2) is 0 Å². The van der Waals surface area contributed by atoms with Crippen molar-refractivity contribution in [3.63, 3.8) is 0 Å². The number of nitrogens with zero attached hydrogens (tertiary/aromatic N) is 1. The van der Waals surface area contributed by atoms with Gasteiger partial charge in [0.2, 0.25) is 0 Å². The van der Waals surface area contributed by atoms with Gasteiger partial charge >= 0.3 is 0 Å². The summed E-state index contributed by atoms with van der Waals surface area (Å²) in [6, 6.07) is 7.83. The number of furan rings is 1. The van der Waals surface area contributed by atoms with Crippen LogP contribution in [0.1, 0.15) is 29.0 Å². The van der Waals surface area contributed by atoms with Crippen molar-refractivity contribution < 1.29 is 9.21 Å². The molecular formula is C17H22N2O2. The molecule has 21 heavy (non-hydrogen) atoms. The maximum absolute atomic E-state index is 12.7. The number of amides is 1. The Hall–Kier alpha value is -1.81. The molecule has 1 aliphatic heterocycles. The smallest absolute Gasteiger partial charge is 0.289 e. The van der Waals surface area contributed by atoms with E-state index in [1.165, 1.54) is 0 Å². The first-order valence-corrected chi connectivity index (χ1v) is 7.62. The van der Waals surface area contributed by atoms with E-state index in [2.05, 4.69) is 5.32 Å². The Morgan fingerprint density at radius 2 is 2.05 bits per heavy atom. The van der Waals surface area contributed by atoms with Crippen LogP contribution in [0.25, 0.3) is 11.0 Å². The Bertz CT molecular complexity index is 639. The summed E-state index contributed by atoms with van der Waals surface area (Å²) in [5.74, 6) is 1.21. The first-order chi connectivity index (χ1) is 10.2. The SMILES string of the molecule is CNCC1CCN(C(=O)c2oc3ccccc3c2C)CC1. The Balaban J connectivity index is 1.77. The van der Waals surface area contributed by atoms with Gasteiger partial charge in [-0.15, -0.1) is 0 Å². The number of nitrogens with one attached hydrogen (secondary N) is 1. The predicted molar refractivity (Wildman–Crippen MR) is 83.5 cm³/mol. The minimum Gasteiger partial charge on any atom is -0.451 e. The first-order valence-electron chi connectivity index (χ1n) is 7.62. The van der Waals surface area contributed by atoms with Gasteiger partial charge in [0.1, 0.15) is 5.58 Å². The normalized spacial score (nSPS) is 16.6. The largest absolute Gasteiger partial charge is 0.451 e. The average molecular weight is 286 g/mol. The quantitative estimate of drug-likeness (QED) is 0.943. The van der Waals surface area contributed by atoms with Crippen LogP contribution in [0.3, 0.4) is 0 Å². The summed E-state index contributed by atoms with van der Waals surface area (Å²) in [6.45, 7) is 4.64. The summed E-state index contributed by atoms with van der Waals surface area (Å²) >= 11 is 0. The Morgan fingerprint density at radius 3 is 2.71 bits per heavy atom. The molecule has 3 rings (SSSR count). The maximum Gasteiger partial charge on any atom is 0.289 e. The predicted octanol–water partition coefficient (Wildman–Crippen LogP) is 2.81. The molecule has 0 saturated carbocycles. The number of piperidine rings is 1. The van der Waals surface area contributed by atoms with Crippen molar-refractivity contribution in [3.8, 4) is 0 Å². The van der Waals surface area contributed by atoms with E-state index in [1.807, 2.05) is 43.1 Å². The third kappa shape index (κ3) is 2.68. The Morgan fingerprint density at radius 1 is 1.33 bits per heavy atom. The fraction of sp³-hybridized carbons (Fsp3) is 0.471. The van der Waals surface area contributed by atoms with E-state index in [-0.39, 0.29) is 5.91 Å². The molecule has 1 aliphatic rings. The molecule has 0 unspecified atom stereocenters. The minimum absolute atomic E-state index is 0.0339. The van der Waals surface area contributed by atoms with Crippen molar-refractivity contribution in [2.24, 2.45) is 5.92 Å². The average Bonchev–Trinajstić information content (AvgIpc) is 2.85. The third-order valence-electron chi connectivity index (χ3n) is 4.43. The highest BCUT2D eigenvalue weighted by atomic mass is 16.3. The minimum atomic E-state index is 0.0339. The summed E-state index contributed by atoms with van der Waals surface area (Å²) in [4.78, 5) is 14.6. The van der Waals surface area contributed by atoms with Crippen molar-refractivity contribution in [1.29, 1.82) is 0 Å². The van der Waals surface area contributed by atoms with Crippen molar-refractivity contribution in [1.82, 2.24) is 10.2 Å². The number of fused-ring (bicyclic) bond motifs is 1. The fourth-order valence-electron chi connectivity index (χ4n) is 3.15. The van der Waals surface area contributed by atoms with E-state index in [0.29, 0.717) is 11.7 Å². The number of rotatable bonds is 3. The standard InChI is InChI=1S/C17H22N2O2/c1-12-14-5-3-4-6-15(14)21-16(12)17(20)19-9-7-13(8-10-19)11-18-2/h3-6,13,18H,7-11H2,1-2H3. The molecular weight excluding hydrogens is 264 g/mol. The molecule has 0 spiro atoms. The van der Waals surface area contributed by atoms with Gasteiger partial charge in [0.05, 0.1) is 0 Å². The molecule has 2 heterocycles. The molecule has 0 radical (unpaired) electrons. The summed E-state index contributed by atoms with van der Waals surface area (Å²) in [6.07, 6.45) is 2.12. The van der Waals surface area contributed by atoms with Crippen molar-refractivity contribution in [2.75, 3.05) is 26.7 Å². The number of hydrogen-bond acceptors (Lipinski definition) is 3. The summed E-state index contributed by atoms with van der Waals surface area (Å²) < 4.78 is 5.78. The van der Waals surface area contributed by atoms with Gasteiger partial charge in [-0.1, -0.05) is 18.2 Å². The highest BCUT2D eigenvalue weighted by Gasteiger charge is 2.27. The molecule has 0 atom stereocenters. The van der Waals surface area contributed by atoms with E-state index in [9.17, 15) is 4.79 Å². The summed E-state index contributed by atoms with van der Waals surface area (Å²) in [5.41, 5.74) is 1.75. The molecule has 1 fully saturated rings. The van der Waals surface area contributed by atoms with Gasteiger partial charge in [-0.05, 0) is 45.3 Å². The van der Waals surface area contributed by atoms with Crippen LogP contribution >= 0.6 is 0 Å². The Kier molecular flexibility index (Phi) is 3.97. The first kappa shape index (κ1) is 14.1. The van der Waals surface area contributed by atoms with Crippen molar-refractivity contribution in [2.45, 2.75) is 19.8 Å². The van der Waals surface area contributed by atoms with Crippen LogP contribution < -0.4 is 5.32 Å². The molecule has 1 saturated heterocycles. The van der Waals surface area contributed by atoms with Gasteiger partial charge < -0.3 is 14.6 Å². The second-order valence-corrected chi connectivity index (χ2v) is 5.85. The molecule has 1 aromatic heterocycles. The third-order valence-corrected chi connectivity index (χ3v) is 4.43. The second kappa shape index (κ2) is 5.90. The topological polar surface area (TPSA) is 45.5 Å². The lowest BCUT2D eigenvalue weighted by atomic mass is 9.96. The van der Waals surface area contributed by atoms with Crippen LogP contribution in [0.2, 0.25) is 0 Å². The number of para-hydroxylation sites is 1. The zero-order valence-corrected chi connectivity index (χ0v) is 12.7. The number of carbonyl (C=O) groups excluding carboxylic acids is 1. The van der Waals surface area contributed by atoms with Gasteiger partial charge in [0.25, 0.3) is 5.91 Å².